The lowest BCUT2D eigenvalue weighted by Gasteiger charge is -2.31. The molecule has 1 fully saturated rings. The number of likely N-dealkylation sites (tertiary alicyclic amines) is 1. The van der Waals surface area contributed by atoms with E-state index in [-0.39, 0.29) is 30.0 Å². The monoisotopic (exact) mass is 372 g/mol. The second kappa shape index (κ2) is 8.24. The lowest BCUT2D eigenvalue weighted by Crippen LogP contribution is -2.44. The number of esters is 1. The molecule has 144 valence electrons. The van der Waals surface area contributed by atoms with Gasteiger partial charge < -0.3 is 18.9 Å². The molecule has 0 spiro atoms. The van der Waals surface area contributed by atoms with Crippen LogP contribution >= 0.6 is 0 Å². The molecule has 1 aromatic carbocycles. The summed E-state index contributed by atoms with van der Waals surface area (Å²) in [6.07, 6.45) is 1.48. The molecule has 3 rings (SSSR count). The summed E-state index contributed by atoms with van der Waals surface area (Å²) < 4.78 is 12.3. The number of amides is 1. The largest absolute Gasteiger partial charge is 0.483 e. The molecule has 0 bridgehead atoms. The van der Waals surface area contributed by atoms with E-state index in [4.69, 9.17) is 9.47 Å². The standard InChI is InChI=1S/C20H24N2O5/c1-3-26-20(25)14-7-6-10-22(12-14)19(24)13-27-17-11-18(23)21(2)16-9-5-4-8-15(16)17/h4-5,8-9,11,14H,3,6-7,10,12-13H2,1-2H3. The molecule has 1 saturated heterocycles. The van der Waals surface area contributed by atoms with Crippen molar-refractivity contribution in [3.8, 4) is 5.75 Å². The number of nitrogens with zero attached hydrogens (tertiary/aromatic N) is 2. The Kier molecular flexibility index (Phi) is 5.78. The number of benzene rings is 1. The first-order valence-corrected chi connectivity index (χ1v) is 9.17. The van der Waals surface area contributed by atoms with Gasteiger partial charge in [0.1, 0.15) is 5.75 Å². The number of hydrogen-bond donors (Lipinski definition) is 0. The summed E-state index contributed by atoms with van der Waals surface area (Å²) in [5.74, 6) is -0.351. The number of para-hydroxylation sites is 1. The maximum atomic E-state index is 12.6. The van der Waals surface area contributed by atoms with Gasteiger partial charge in [0, 0.05) is 31.6 Å². The Hall–Kier alpha value is -2.83. The summed E-state index contributed by atoms with van der Waals surface area (Å²) in [5, 5.41) is 0.774. The van der Waals surface area contributed by atoms with Crippen LogP contribution in [0.2, 0.25) is 0 Å². The summed E-state index contributed by atoms with van der Waals surface area (Å²) in [5.41, 5.74) is 0.546. The van der Waals surface area contributed by atoms with Crippen molar-refractivity contribution in [1.29, 1.82) is 0 Å². The van der Waals surface area contributed by atoms with Crippen molar-refractivity contribution in [2.75, 3.05) is 26.3 Å². The van der Waals surface area contributed by atoms with Gasteiger partial charge in [-0.05, 0) is 31.9 Å². The van der Waals surface area contributed by atoms with Crippen LogP contribution in [0.1, 0.15) is 19.8 Å². The van der Waals surface area contributed by atoms with Crippen molar-refractivity contribution in [1.82, 2.24) is 9.47 Å². The number of carbonyl (C=O) groups is 2. The van der Waals surface area contributed by atoms with Gasteiger partial charge in [-0.2, -0.15) is 0 Å². The zero-order chi connectivity index (χ0) is 19.4. The first-order chi connectivity index (χ1) is 13.0. The summed E-state index contributed by atoms with van der Waals surface area (Å²) in [6.45, 7) is 2.87. The zero-order valence-corrected chi connectivity index (χ0v) is 15.6. The first kappa shape index (κ1) is 18.9. The maximum Gasteiger partial charge on any atom is 0.310 e. The van der Waals surface area contributed by atoms with Gasteiger partial charge in [-0.3, -0.25) is 14.4 Å². The predicted molar refractivity (Wildman–Crippen MR) is 101 cm³/mol. The third-order valence-corrected chi connectivity index (χ3v) is 4.86. The Morgan fingerprint density at radius 2 is 2.04 bits per heavy atom. The average Bonchev–Trinajstić information content (AvgIpc) is 2.69. The summed E-state index contributed by atoms with van der Waals surface area (Å²) in [7, 11) is 1.70. The van der Waals surface area contributed by atoms with Crippen molar-refractivity contribution >= 4 is 22.8 Å². The van der Waals surface area contributed by atoms with Crippen LogP contribution in [0.5, 0.6) is 5.75 Å². The second-order valence-electron chi connectivity index (χ2n) is 6.64. The van der Waals surface area contributed by atoms with E-state index in [2.05, 4.69) is 0 Å². The van der Waals surface area contributed by atoms with Crippen molar-refractivity contribution in [2.45, 2.75) is 19.8 Å². The molecule has 7 heteroatoms. The third-order valence-electron chi connectivity index (χ3n) is 4.86. The molecular weight excluding hydrogens is 348 g/mol. The van der Waals surface area contributed by atoms with Crippen LogP contribution in [-0.4, -0.2) is 47.6 Å². The van der Waals surface area contributed by atoms with E-state index in [1.54, 1.807) is 23.4 Å². The van der Waals surface area contributed by atoms with Gasteiger partial charge in [0.05, 0.1) is 18.0 Å². The highest BCUT2D eigenvalue weighted by Gasteiger charge is 2.29. The molecule has 1 atom stereocenters. The summed E-state index contributed by atoms with van der Waals surface area (Å²) in [4.78, 5) is 38.2. The highest BCUT2D eigenvalue weighted by Crippen LogP contribution is 2.23. The minimum absolute atomic E-state index is 0.174. The number of hydrogen-bond acceptors (Lipinski definition) is 5. The van der Waals surface area contributed by atoms with Crippen LogP contribution in [0.25, 0.3) is 10.9 Å². The van der Waals surface area contributed by atoms with Gasteiger partial charge in [-0.15, -0.1) is 0 Å². The number of pyridine rings is 1. The Bertz CT molecular complexity index is 905. The topological polar surface area (TPSA) is 77.8 Å². The molecular formula is C20H24N2O5. The zero-order valence-electron chi connectivity index (χ0n) is 15.6. The average molecular weight is 372 g/mol. The number of rotatable bonds is 5. The Morgan fingerprint density at radius 3 is 2.81 bits per heavy atom. The fourth-order valence-corrected chi connectivity index (χ4v) is 3.39. The van der Waals surface area contributed by atoms with Crippen molar-refractivity contribution in [3.05, 3.63) is 40.7 Å². The Morgan fingerprint density at radius 1 is 1.26 bits per heavy atom. The highest BCUT2D eigenvalue weighted by atomic mass is 16.5. The van der Waals surface area contributed by atoms with E-state index in [9.17, 15) is 14.4 Å². The quantitative estimate of drug-likeness (QED) is 0.747. The van der Waals surface area contributed by atoms with Crippen LogP contribution in [0.3, 0.4) is 0 Å². The van der Waals surface area contributed by atoms with E-state index >= 15 is 0 Å². The lowest BCUT2D eigenvalue weighted by molar-refractivity contribution is -0.151. The molecule has 7 nitrogen and oxygen atoms in total. The summed E-state index contributed by atoms with van der Waals surface area (Å²) in [6, 6.07) is 8.79. The second-order valence-corrected chi connectivity index (χ2v) is 6.64. The number of piperidine rings is 1. The molecule has 1 aliphatic rings. The van der Waals surface area contributed by atoms with Gasteiger partial charge in [0.25, 0.3) is 11.5 Å². The molecule has 0 N–H and O–H groups in total. The molecule has 2 heterocycles. The lowest BCUT2D eigenvalue weighted by atomic mass is 9.98. The smallest absolute Gasteiger partial charge is 0.310 e. The summed E-state index contributed by atoms with van der Waals surface area (Å²) >= 11 is 0. The minimum atomic E-state index is -0.285. The van der Waals surface area contributed by atoms with E-state index in [1.807, 2.05) is 24.3 Å². The third kappa shape index (κ3) is 4.13. The Balaban J connectivity index is 1.69. The van der Waals surface area contributed by atoms with E-state index in [1.165, 1.54) is 6.07 Å². The van der Waals surface area contributed by atoms with Crippen LogP contribution in [0.15, 0.2) is 35.1 Å². The molecule has 1 aliphatic heterocycles. The van der Waals surface area contributed by atoms with Crippen LogP contribution < -0.4 is 10.3 Å². The normalized spacial score (nSPS) is 17.0. The molecule has 27 heavy (non-hydrogen) atoms. The van der Waals surface area contributed by atoms with E-state index < -0.39 is 0 Å². The van der Waals surface area contributed by atoms with E-state index in [0.717, 1.165) is 23.7 Å². The van der Waals surface area contributed by atoms with Gasteiger partial charge >= 0.3 is 5.97 Å². The molecule has 0 radical (unpaired) electrons. The number of aryl methyl sites for hydroxylation is 1. The number of ether oxygens (including phenoxy) is 2. The molecule has 1 amide bonds. The van der Waals surface area contributed by atoms with Crippen LogP contribution in [-0.2, 0) is 21.4 Å². The van der Waals surface area contributed by atoms with Crippen molar-refractivity contribution < 1.29 is 19.1 Å². The van der Waals surface area contributed by atoms with E-state index in [0.29, 0.717) is 25.4 Å². The fourth-order valence-electron chi connectivity index (χ4n) is 3.39. The maximum absolute atomic E-state index is 12.6. The number of carbonyl (C=O) groups excluding carboxylic acids is 2. The Labute approximate surface area is 157 Å². The molecule has 0 saturated carbocycles. The van der Waals surface area contributed by atoms with Gasteiger partial charge in [0.2, 0.25) is 0 Å². The molecule has 1 unspecified atom stereocenters. The van der Waals surface area contributed by atoms with Crippen LogP contribution in [0, 0.1) is 5.92 Å². The van der Waals surface area contributed by atoms with Gasteiger partial charge in [-0.25, -0.2) is 0 Å². The fraction of sp³-hybridized carbons (Fsp3) is 0.450. The van der Waals surface area contributed by atoms with Crippen LogP contribution in [0.4, 0.5) is 0 Å². The number of fused-ring (bicyclic) bond motifs is 1. The molecule has 2 aromatic rings. The van der Waals surface area contributed by atoms with Crippen molar-refractivity contribution in [3.63, 3.8) is 0 Å². The highest BCUT2D eigenvalue weighted by molar-refractivity contribution is 5.86. The van der Waals surface area contributed by atoms with Gasteiger partial charge in [-0.1, -0.05) is 12.1 Å². The predicted octanol–water partition coefficient (Wildman–Crippen LogP) is 1.72. The molecule has 0 aliphatic carbocycles. The van der Waals surface area contributed by atoms with Gasteiger partial charge in [0.15, 0.2) is 6.61 Å². The SMILES string of the molecule is CCOC(=O)C1CCCN(C(=O)COc2cc(=O)n(C)c3ccccc23)C1. The first-order valence-electron chi connectivity index (χ1n) is 9.17. The molecule has 1 aromatic heterocycles. The minimum Gasteiger partial charge on any atom is -0.483 e. The van der Waals surface area contributed by atoms with Crippen molar-refractivity contribution in [2.24, 2.45) is 13.0 Å². The number of aromatic nitrogens is 1.